The highest BCUT2D eigenvalue weighted by Crippen LogP contribution is 2.21. The lowest BCUT2D eigenvalue weighted by Gasteiger charge is -2.18. The number of carbonyl (C=O) groups excluding carboxylic acids is 1. The molecule has 4 nitrogen and oxygen atoms in total. The fourth-order valence-corrected chi connectivity index (χ4v) is 2.10. The maximum absolute atomic E-state index is 12.9. The van der Waals surface area contributed by atoms with Gasteiger partial charge in [0.2, 0.25) is 5.76 Å². The average Bonchev–Trinajstić information content (AvgIpc) is 2.97. The van der Waals surface area contributed by atoms with Crippen molar-refractivity contribution in [1.29, 1.82) is 0 Å². The first kappa shape index (κ1) is 15.3. The first-order chi connectivity index (χ1) is 10.0. The molecule has 2 unspecified atom stereocenters. The standard InChI is InChI=1S/C16H18FNO3/c1-10(12-4-6-13(17)7-5-12)18-11(2)14-8-9-15(21-14)16(19)20-3/h4-11,18H,1-3H3. The van der Waals surface area contributed by atoms with E-state index in [0.29, 0.717) is 5.76 Å². The molecule has 2 aromatic rings. The van der Waals surface area contributed by atoms with Crippen molar-refractivity contribution >= 4 is 5.97 Å². The third-order valence-corrected chi connectivity index (χ3v) is 3.31. The Balaban J connectivity index is 2.03. The SMILES string of the molecule is COC(=O)c1ccc(C(C)NC(C)c2ccc(F)cc2)o1. The van der Waals surface area contributed by atoms with Crippen LogP contribution in [-0.2, 0) is 4.74 Å². The highest BCUT2D eigenvalue weighted by atomic mass is 19.1. The van der Waals surface area contributed by atoms with Crippen molar-refractivity contribution < 1.29 is 18.3 Å². The summed E-state index contributed by atoms with van der Waals surface area (Å²) >= 11 is 0. The van der Waals surface area contributed by atoms with Gasteiger partial charge in [-0.15, -0.1) is 0 Å². The molecule has 0 aliphatic carbocycles. The Kier molecular flexibility index (Phi) is 4.75. The minimum atomic E-state index is -0.500. The predicted octanol–water partition coefficient (Wildman–Crippen LogP) is 3.62. The van der Waals surface area contributed by atoms with Crippen LogP contribution < -0.4 is 5.32 Å². The molecule has 0 saturated heterocycles. The van der Waals surface area contributed by atoms with E-state index in [2.05, 4.69) is 10.1 Å². The van der Waals surface area contributed by atoms with Gasteiger partial charge in [-0.05, 0) is 43.7 Å². The van der Waals surface area contributed by atoms with Crippen LogP contribution in [-0.4, -0.2) is 13.1 Å². The third kappa shape index (κ3) is 3.70. The minimum Gasteiger partial charge on any atom is -0.463 e. The van der Waals surface area contributed by atoms with E-state index >= 15 is 0 Å². The fourth-order valence-electron chi connectivity index (χ4n) is 2.10. The van der Waals surface area contributed by atoms with Crippen LogP contribution in [0.4, 0.5) is 4.39 Å². The summed E-state index contributed by atoms with van der Waals surface area (Å²) in [6.07, 6.45) is 0. The highest BCUT2D eigenvalue weighted by molar-refractivity contribution is 5.86. The van der Waals surface area contributed by atoms with Crippen LogP contribution in [0.2, 0.25) is 0 Å². The summed E-state index contributed by atoms with van der Waals surface area (Å²) in [6.45, 7) is 3.91. The summed E-state index contributed by atoms with van der Waals surface area (Å²) in [4.78, 5) is 11.4. The summed E-state index contributed by atoms with van der Waals surface area (Å²) in [5, 5.41) is 3.33. The molecular formula is C16H18FNO3. The van der Waals surface area contributed by atoms with Crippen molar-refractivity contribution in [3.63, 3.8) is 0 Å². The zero-order valence-corrected chi connectivity index (χ0v) is 12.2. The summed E-state index contributed by atoms with van der Waals surface area (Å²) in [5.41, 5.74) is 0.975. The van der Waals surface area contributed by atoms with E-state index in [-0.39, 0.29) is 23.7 Å². The smallest absolute Gasteiger partial charge is 0.373 e. The lowest BCUT2D eigenvalue weighted by atomic mass is 10.1. The zero-order valence-electron chi connectivity index (χ0n) is 12.2. The second kappa shape index (κ2) is 6.54. The Bertz CT molecular complexity index is 606. The second-order valence-electron chi connectivity index (χ2n) is 4.86. The van der Waals surface area contributed by atoms with Crippen molar-refractivity contribution in [2.45, 2.75) is 25.9 Å². The van der Waals surface area contributed by atoms with Gasteiger partial charge in [-0.2, -0.15) is 0 Å². The zero-order chi connectivity index (χ0) is 15.4. The Morgan fingerprint density at radius 1 is 1.14 bits per heavy atom. The number of rotatable bonds is 5. The molecule has 0 aliphatic heterocycles. The molecule has 0 bridgehead atoms. The summed E-state index contributed by atoms with van der Waals surface area (Å²) in [6, 6.07) is 9.59. The van der Waals surface area contributed by atoms with Crippen LogP contribution in [0.3, 0.4) is 0 Å². The van der Waals surface area contributed by atoms with Gasteiger partial charge in [0.15, 0.2) is 0 Å². The van der Waals surface area contributed by atoms with Crippen LogP contribution in [0.15, 0.2) is 40.8 Å². The molecule has 0 spiro atoms. The van der Waals surface area contributed by atoms with Crippen LogP contribution in [0.5, 0.6) is 0 Å². The number of nitrogens with one attached hydrogen (secondary N) is 1. The highest BCUT2D eigenvalue weighted by Gasteiger charge is 2.17. The molecule has 1 N–H and O–H groups in total. The number of carbonyl (C=O) groups is 1. The molecule has 112 valence electrons. The minimum absolute atomic E-state index is 0.0206. The second-order valence-corrected chi connectivity index (χ2v) is 4.86. The third-order valence-electron chi connectivity index (χ3n) is 3.31. The number of methoxy groups -OCH3 is 1. The molecule has 0 aliphatic rings. The number of furan rings is 1. The Labute approximate surface area is 122 Å². The van der Waals surface area contributed by atoms with Crippen molar-refractivity contribution in [2.75, 3.05) is 7.11 Å². The number of hydrogen-bond donors (Lipinski definition) is 1. The van der Waals surface area contributed by atoms with Crippen LogP contribution in [0.1, 0.15) is 47.8 Å². The van der Waals surface area contributed by atoms with Gasteiger partial charge < -0.3 is 14.5 Å². The quantitative estimate of drug-likeness (QED) is 0.855. The topological polar surface area (TPSA) is 51.5 Å². The number of esters is 1. The van der Waals surface area contributed by atoms with Gasteiger partial charge in [-0.1, -0.05) is 12.1 Å². The van der Waals surface area contributed by atoms with E-state index in [1.54, 1.807) is 24.3 Å². The number of halogens is 1. The molecule has 1 aromatic heterocycles. The molecule has 2 atom stereocenters. The van der Waals surface area contributed by atoms with E-state index in [9.17, 15) is 9.18 Å². The Hall–Kier alpha value is -2.14. The monoisotopic (exact) mass is 291 g/mol. The van der Waals surface area contributed by atoms with Gasteiger partial charge in [0.25, 0.3) is 0 Å². The average molecular weight is 291 g/mol. The summed E-state index contributed by atoms with van der Waals surface area (Å²) < 4.78 is 23.0. The molecule has 1 aromatic carbocycles. The van der Waals surface area contributed by atoms with E-state index < -0.39 is 5.97 Å². The molecular weight excluding hydrogens is 273 g/mol. The predicted molar refractivity (Wildman–Crippen MR) is 76.4 cm³/mol. The van der Waals surface area contributed by atoms with Crippen LogP contribution in [0, 0.1) is 5.82 Å². The Morgan fingerprint density at radius 2 is 1.81 bits per heavy atom. The van der Waals surface area contributed by atoms with Gasteiger partial charge in [-0.3, -0.25) is 0 Å². The van der Waals surface area contributed by atoms with Gasteiger partial charge in [0.1, 0.15) is 11.6 Å². The summed E-state index contributed by atoms with van der Waals surface area (Å²) in [7, 11) is 1.31. The first-order valence-electron chi connectivity index (χ1n) is 6.71. The van der Waals surface area contributed by atoms with Gasteiger partial charge in [0.05, 0.1) is 13.2 Å². The summed E-state index contributed by atoms with van der Waals surface area (Å²) in [5.74, 6) is 0.0627. The van der Waals surface area contributed by atoms with Crippen molar-refractivity contribution in [2.24, 2.45) is 0 Å². The molecule has 5 heteroatoms. The van der Waals surface area contributed by atoms with Gasteiger partial charge in [-0.25, -0.2) is 9.18 Å². The molecule has 0 radical (unpaired) electrons. The molecule has 1 heterocycles. The largest absolute Gasteiger partial charge is 0.463 e. The molecule has 21 heavy (non-hydrogen) atoms. The maximum atomic E-state index is 12.9. The lowest BCUT2D eigenvalue weighted by molar-refractivity contribution is 0.0562. The van der Waals surface area contributed by atoms with Crippen molar-refractivity contribution in [3.8, 4) is 0 Å². The van der Waals surface area contributed by atoms with E-state index in [1.807, 2.05) is 13.8 Å². The number of ether oxygens (including phenoxy) is 1. The normalized spacial score (nSPS) is 13.7. The Morgan fingerprint density at radius 3 is 2.43 bits per heavy atom. The van der Waals surface area contributed by atoms with Gasteiger partial charge >= 0.3 is 5.97 Å². The van der Waals surface area contributed by atoms with Gasteiger partial charge in [0, 0.05) is 6.04 Å². The number of benzene rings is 1. The van der Waals surface area contributed by atoms with Crippen LogP contribution >= 0.6 is 0 Å². The molecule has 0 amide bonds. The van der Waals surface area contributed by atoms with E-state index in [4.69, 9.17) is 4.42 Å². The van der Waals surface area contributed by atoms with Crippen molar-refractivity contribution in [3.05, 3.63) is 59.3 Å². The van der Waals surface area contributed by atoms with E-state index in [0.717, 1.165) is 5.56 Å². The number of hydrogen-bond acceptors (Lipinski definition) is 4. The lowest BCUT2D eigenvalue weighted by Crippen LogP contribution is -2.22. The van der Waals surface area contributed by atoms with Crippen LogP contribution in [0.25, 0.3) is 0 Å². The maximum Gasteiger partial charge on any atom is 0.373 e. The fraction of sp³-hybridized carbons (Fsp3) is 0.312. The molecule has 0 fully saturated rings. The molecule has 0 saturated carbocycles. The molecule has 2 rings (SSSR count). The van der Waals surface area contributed by atoms with E-state index in [1.165, 1.54) is 19.2 Å². The first-order valence-corrected chi connectivity index (χ1v) is 6.71. The van der Waals surface area contributed by atoms with Crippen molar-refractivity contribution in [1.82, 2.24) is 5.32 Å².